The van der Waals surface area contributed by atoms with Crippen molar-refractivity contribution in [3.05, 3.63) is 24.5 Å². The first kappa shape index (κ1) is 18.4. The number of nitrogens with zero attached hydrogens (tertiary/aromatic N) is 3. The van der Waals surface area contributed by atoms with E-state index in [-0.39, 0.29) is 6.10 Å². The molecule has 1 saturated carbocycles. The molecule has 26 heavy (non-hydrogen) atoms. The Bertz CT molecular complexity index is 728. The monoisotopic (exact) mass is 356 g/mol. The number of rotatable bonds is 6. The summed E-state index contributed by atoms with van der Waals surface area (Å²) < 4.78 is 11.2. The van der Waals surface area contributed by atoms with Gasteiger partial charge in [0.2, 0.25) is 17.7 Å². The quantitative estimate of drug-likeness (QED) is 0.831. The molecular weight excluding hydrogens is 328 g/mol. The molecule has 0 aromatic carbocycles. The lowest BCUT2D eigenvalue weighted by Gasteiger charge is -2.27. The molecule has 2 heterocycles. The molecule has 0 aliphatic heterocycles. The molecule has 3 rings (SSSR count). The molecule has 0 saturated heterocycles. The van der Waals surface area contributed by atoms with Crippen molar-refractivity contribution in [2.24, 2.45) is 5.92 Å². The van der Waals surface area contributed by atoms with Crippen molar-refractivity contribution in [3.63, 3.8) is 0 Å². The van der Waals surface area contributed by atoms with E-state index in [1.807, 2.05) is 26.0 Å². The van der Waals surface area contributed by atoms with Gasteiger partial charge in [-0.15, -0.1) is 0 Å². The second-order valence-electron chi connectivity index (χ2n) is 7.27. The predicted molar refractivity (Wildman–Crippen MR) is 103 cm³/mol. The molecular formula is C20H28N4O2. The smallest absolute Gasteiger partial charge is 0.226 e. The molecule has 1 aliphatic carbocycles. The number of methoxy groups -OCH3 is 1. The van der Waals surface area contributed by atoms with Gasteiger partial charge in [-0.3, -0.25) is 0 Å². The molecule has 6 heteroatoms. The number of ether oxygens (including phenoxy) is 2. The van der Waals surface area contributed by atoms with Crippen molar-refractivity contribution in [2.45, 2.75) is 58.6 Å². The van der Waals surface area contributed by atoms with Gasteiger partial charge < -0.3 is 14.8 Å². The molecule has 2 aromatic rings. The number of aromatic nitrogens is 3. The van der Waals surface area contributed by atoms with Gasteiger partial charge in [0.25, 0.3) is 0 Å². The van der Waals surface area contributed by atoms with E-state index in [0.29, 0.717) is 23.8 Å². The van der Waals surface area contributed by atoms with Crippen LogP contribution >= 0.6 is 0 Å². The van der Waals surface area contributed by atoms with Crippen molar-refractivity contribution in [3.8, 4) is 22.9 Å². The minimum absolute atomic E-state index is 0.0701. The van der Waals surface area contributed by atoms with Gasteiger partial charge in [0.1, 0.15) is 0 Å². The first-order chi connectivity index (χ1) is 12.5. The summed E-state index contributed by atoms with van der Waals surface area (Å²) in [5.41, 5.74) is 1.75. The second kappa shape index (κ2) is 8.34. The van der Waals surface area contributed by atoms with E-state index in [1.54, 1.807) is 19.5 Å². The van der Waals surface area contributed by atoms with Crippen molar-refractivity contribution in [1.82, 2.24) is 15.0 Å². The fourth-order valence-electron chi connectivity index (χ4n) is 3.26. The maximum Gasteiger partial charge on any atom is 0.226 e. The van der Waals surface area contributed by atoms with Gasteiger partial charge in [-0.25, -0.2) is 9.97 Å². The van der Waals surface area contributed by atoms with E-state index in [1.165, 1.54) is 12.8 Å². The van der Waals surface area contributed by atoms with Crippen LogP contribution in [0.4, 0.5) is 5.95 Å². The zero-order valence-corrected chi connectivity index (χ0v) is 16.0. The van der Waals surface area contributed by atoms with E-state index in [4.69, 9.17) is 9.47 Å². The molecule has 0 spiro atoms. The lowest BCUT2D eigenvalue weighted by molar-refractivity contribution is 0.233. The minimum Gasteiger partial charge on any atom is -0.480 e. The zero-order valence-electron chi connectivity index (χ0n) is 16.0. The fourth-order valence-corrected chi connectivity index (χ4v) is 3.26. The van der Waals surface area contributed by atoms with Crippen LogP contribution in [-0.4, -0.2) is 34.2 Å². The Hall–Kier alpha value is -2.37. The van der Waals surface area contributed by atoms with Crippen LogP contribution in [0.2, 0.25) is 0 Å². The number of hydrogen-bond acceptors (Lipinski definition) is 6. The standard InChI is InChI=1S/C20H28N4O2/c1-13(2)26-18-11-15(9-10-21-18)17-12-22-20(24-19(17)25-4)23-16-7-5-14(3)6-8-16/h9-14,16H,5-8H2,1-4H3,(H,22,23,24)/t14-,16-. The summed E-state index contributed by atoms with van der Waals surface area (Å²) >= 11 is 0. The summed E-state index contributed by atoms with van der Waals surface area (Å²) in [6.07, 6.45) is 8.42. The first-order valence-corrected chi connectivity index (χ1v) is 9.35. The van der Waals surface area contributed by atoms with Gasteiger partial charge in [-0.2, -0.15) is 4.98 Å². The second-order valence-corrected chi connectivity index (χ2v) is 7.27. The van der Waals surface area contributed by atoms with Gasteiger partial charge in [-0.1, -0.05) is 6.92 Å². The van der Waals surface area contributed by atoms with Crippen molar-refractivity contribution >= 4 is 5.95 Å². The molecule has 1 aliphatic rings. The highest BCUT2D eigenvalue weighted by Gasteiger charge is 2.19. The van der Waals surface area contributed by atoms with Crippen LogP contribution in [0.25, 0.3) is 11.1 Å². The third-order valence-electron chi connectivity index (χ3n) is 4.70. The van der Waals surface area contributed by atoms with Gasteiger partial charge in [0.05, 0.1) is 18.8 Å². The fraction of sp³-hybridized carbons (Fsp3) is 0.550. The van der Waals surface area contributed by atoms with E-state index < -0.39 is 0 Å². The molecule has 0 amide bonds. The SMILES string of the molecule is COc1nc(N[C@H]2CC[C@H](C)CC2)ncc1-c1ccnc(OC(C)C)c1. The Kier molecular flexibility index (Phi) is 5.91. The number of nitrogens with one attached hydrogen (secondary N) is 1. The average molecular weight is 356 g/mol. The Morgan fingerprint density at radius 2 is 1.92 bits per heavy atom. The summed E-state index contributed by atoms with van der Waals surface area (Å²) in [5.74, 6) is 2.57. The summed E-state index contributed by atoms with van der Waals surface area (Å²) in [5, 5.41) is 3.45. The molecule has 6 nitrogen and oxygen atoms in total. The van der Waals surface area contributed by atoms with Crippen LogP contribution in [-0.2, 0) is 0 Å². The largest absolute Gasteiger partial charge is 0.480 e. The third kappa shape index (κ3) is 4.62. The summed E-state index contributed by atoms with van der Waals surface area (Å²) in [7, 11) is 1.63. The average Bonchev–Trinajstić information content (AvgIpc) is 2.63. The number of anilines is 1. The van der Waals surface area contributed by atoms with Crippen LogP contribution in [0, 0.1) is 5.92 Å². The molecule has 1 fully saturated rings. The van der Waals surface area contributed by atoms with Crippen molar-refractivity contribution < 1.29 is 9.47 Å². The summed E-state index contributed by atoms with van der Waals surface area (Å²) in [6, 6.07) is 4.23. The highest BCUT2D eigenvalue weighted by atomic mass is 16.5. The molecule has 1 N–H and O–H groups in total. The van der Waals surface area contributed by atoms with E-state index in [2.05, 4.69) is 27.2 Å². The Balaban J connectivity index is 1.78. The van der Waals surface area contributed by atoms with Crippen molar-refractivity contribution in [1.29, 1.82) is 0 Å². The van der Waals surface area contributed by atoms with E-state index in [0.717, 1.165) is 29.9 Å². The van der Waals surface area contributed by atoms with E-state index >= 15 is 0 Å². The zero-order chi connectivity index (χ0) is 18.5. The number of pyridine rings is 1. The Morgan fingerprint density at radius 1 is 1.15 bits per heavy atom. The predicted octanol–water partition coefficient (Wildman–Crippen LogP) is 4.33. The highest BCUT2D eigenvalue weighted by Crippen LogP contribution is 2.31. The summed E-state index contributed by atoms with van der Waals surface area (Å²) in [4.78, 5) is 13.3. The van der Waals surface area contributed by atoms with Crippen LogP contribution in [0.15, 0.2) is 24.5 Å². The Labute approximate surface area is 155 Å². The van der Waals surface area contributed by atoms with Crippen LogP contribution < -0.4 is 14.8 Å². The van der Waals surface area contributed by atoms with Crippen LogP contribution in [0.3, 0.4) is 0 Å². The lowest BCUT2D eigenvalue weighted by atomic mass is 9.87. The lowest BCUT2D eigenvalue weighted by Crippen LogP contribution is -2.26. The van der Waals surface area contributed by atoms with Crippen molar-refractivity contribution in [2.75, 3.05) is 12.4 Å². The highest BCUT2D eigenvalue weighted by molar-refractivity contribution is 5.69. The molecule has 0 atom stereocenters. The van der Waals surface area contributed by atoms with E-state index in [9.17, 15) is 0 Å². The first-order valence-electron chi connectivity index (χ1n) is 9.35. The number of hydrogen-bond donors (Lipinski definition) is 1. The van der Waals surface area contributed by atoms with Crippen LogP contribution in [0.5, 0.6) is 11.8 Å². The molecule has 0 bridgehead atoms. The Morgan fingerprint density at radius 3 is 2.62 bits per heavy atom. The van der Waals surface area contributed by atoms with Gasteiger partial charge >= 0.3 is 0 Å². The molecule has 0 unspecified atom stereocenters. The topological polar surface area (TPSA) is 69.2 Å². The molecule has 0 radical (unpaired) electrons. The van der Waals surface area contributed by atoms with Gasteiger partial charge in [0, 0.05) is 24.5 Å². The van der Waals surface area contributed by atoms with Gasteiger partial charge in [-0.05, 0) is 57.1 Å². The maximum absolute atomic E-state index is 5.68. The minimum atomic E-state index is 0.0701. The third-order valence-corrected chi connectivity index (χ3v) is 4.70. The normalized spacial score (nSPS) is 20.0. The molecule has 140 valence electrons. The van der Waals surface area contributed by atoms with Crippen LogP contribution in [0.1, 0.15) is 46.5 Å². The van der Waals surface area contributed by atoms with Gasteiger partial charge in [0.15, 0.2) is 0 Å². The molecule has 2 aromatic heterocycles. The summed E-state index contributed by atoms with van der Waals surface area (Å²) in [6.45, 7) is 6.27. The maximum atomic E-state index is 5.68.